The Morgan fingerprint density at radius 2 is 1.79 bits per heavy atom. The summed E-state index contributed by atoms with van der Waals surface area (Å²) in [6.45, 7) is 10.8. The van der Waals surface area contributed by atoms with Gasteiger partial charge in [0.2, 0.25) is 0 Å². The lowest BCUT2D eigenvalue weighted by molar-refractivity contribution is 0.391. The Bertz CT molecular complexity index is 394. The number of rotatable bonds is 7. The van der Waals surface area contributed by atoms with E-state index < -0.39 is 8.07 Å². The second-order valence-corrected chi connectivity index (χ2v) is 14.1. The molecule has 3 heteroatoms. The zero-order valence-electron chi connectivity index (χ0n) is 12.8. The average molecular weight is 292 g/mol. The molecule has 19 heavy (non-hydrogen) atoms. The number of hydrogen-bond donors (Lipinski definition) is 0. The molecular weight excluding hydrogens is 264 g/mol. The quantitative estimate of drug-likeness (QED) is 0.427. The Balaban J connectivity index is 1.85. The normalized spacial score (nSPS) is 18.9. The molecular formula is C16H27OSi2. The van der Waals surface area contributed by atoms with E-state index in [0.29, 0.717) is 6.10 Å². The van der Waals surface area contributed by atoms with Crippen molar-refractivity contribution in [2.24, 2.45) is 0 Å². The van der Waals surface area contributed by atoms with Crippen LogP contribution in [0.1, 0.15) is 19.3 Å². The molecule has 0 aliphatic carbocycles. The van der Waals surface area contributed by atoms with Crippen LogP contribution < -0.4 is 10.4 Å². The second-order valence-electron chi connectivity index (χ2n) is 6.66. The Labute approximate surface area is 121 Å². The van der Waals surface area contributed by atoms with Gasteiger partial charge in [0, 0.05) is 0 Å². The van der Waals surface area contributed by atoms with Gasteiger partial charge in [-0.1, -0.05) is 79.7 Å². The molecule has 1 saturated heterocycles. The Kier molecular flexibility index (Phi) is 5.04. The van der Waals surface area contributed by atoms with Crippen LogP contribution in [0.5, 0.6) is 0 Å². The molecule has 1 fully saturated rings. The van der Waals surface area contributed by atoms with E-state index in [2.05, 4.69) is 50.5 Å². The molecule has 1 aliphatic rings. The van der Waals surface area contributed by atoms with E-state index >= 15 is 0 Å². The van der Waals surface area contributed by atoms with Crippen LogP contribution in [0.3, 0.4) is 0 Å². The summed E-state index contributed by atoms with van der Waals surface area (Å²) in [6, 6.07) is 11.0. The first-order valence-corrected chi connectivity index (χ1v) is 13.2. The van der Waals surface area contributed by atoms with E-state index in [4.69, 9.17) is 4.74 Å². The van der Waals surface area contributed by atoms with E-state index in [1.54, 1.807) is 10.4 Å². The zero-order valence-corrected chi connectivity index (χ0v) is 14.8. The third kappa shape index (κ3) is 4.58. The third-order valence-corrected chi connectivity index (χ3v) is 9.21. The first kappa shape index (κ1) is 15.0. The molecule has 1 aromatic rings. The van der Waals surface area contributed by atoms with Gasteiger partial charge in [-0.15, -0.1) is 0 Å². The molecule has 105 valence electrons. The van der Waals surface area contributed by atoms with Gasteiger partial charge in [-0.3, -0.25) is 0 Å². The number of hydrogen-bond acceptors (Lipinski definition) is 1. The lowest BCUT2D eigenvalue weighted by Crippen LogP contribution is -2.42. The van der Waals surface area contributed by atoms with Crippen molar-refractivity contribution in [2.75, 3.05) is 6.61 Å². The molecule has 1 aromatic carbocycles. The molecule has 2 rings (SSSR count). The smallest absolute Gasteiger partial charge is 0.0810 e. The van der Waals surface area contributed by atoms with Crippen molar-refractivity contribution in [3.63, 3.8) is 0 Å². The van der Waals surface area contributed by atoms with Gasteiger partial charge in [0.1, 0.15) is 0 Å². The lowest BCUT2D eigenvalue weighted by atomic mass is 10.2. The van der Waals surface area contributed by atoms with Gasteiger partial charge >= 0.3 is 0 Å². The van der Waals surface area contributed by atoms with E-state index in [1.165, 1.54) is 25.3 Å². The fourth-order valence-corrected chi connectivity index (χ4v) is 5.90. The predicted octanol–water partition coefficient (Wildman–Crippen LogP) is 3.13. The van der Waals surface area contributed by atoms with Gasteiger partial charge in [-0.25, -0.2) is 0 Å². The summed E-state index contributed by atoms with van der Waals surface area (Å²) in [5.41, 5.74) is 0. The highest BCUT2D eigenvalue weighted by molar-refractivity contribution is 6.89. The molecule has 0 spiro atoms. The minimum Gasteiger partial charge on any atom is -0.373 e. The predicted molar refractivity (Wildman–Crippen MR) is 89.1 cm³/mol. The average Bonchev–Trinajstić information content (AvgIpc) is 3.19. The van der Waals surface area contributed by atoms with Crippen LogP contribution in [0, 0.1) is 0 Å². The number of benzene rings is 1. The zero-order chi connectivity index (χ0) is 13.9. The molecule has 0 bridgehead atoms. The van der Waals surface area contributed by atoms with Gasteiger partial charge in [0.15, 0.2) is 0 Å². The number of unbranched alkanes of at least 4 members (excludes halogenated alkanes) is 1. The summed E-state index contributed by atoms with van der Waals surface area (Å²) < 4.78 is 5.28. The van der Waals surface area contributed by atoms with Gasteiger partial charge in [-0.2, -0.15) is 0 Å². The van der Waals surface area contributed by atoms with Crippen molar-refractivity contribution in [3.8, 4) is 0 Å². The van der Waals surface area contributed by atoms with Gasteiger partial charge < -0.3 is 4.74 Å². The highest BCUT2D eigenvalue weighted by atomic mass is 28.3. The fraction of sp³-hybridized carbons (Fsp3) is 0.625. The monoisotopic (exact) mass is 291 g/mol. The summed E-state index contributed by atoms with van der Waals surface area (Å²) in [7, 11) is -1.51. The van der Waals surface area contributed by atoms with Crippen molar-refractivity contribution in [3.05, 3.63) is 24.3 Å². The Morgan fingerprint density at radius 1 is 1.16 bits per heavy atom. The summed E-state index contributed by atoms with van der Waals surface area (Å²) in [4.78, 5) is 0. The van der Waals surface area contributed by atoms with Gasteiger partial charge in [0.25, 0.3) is 0 Å². The van der Waals surface area contributed by atoms with Crippen LogP contribution in [0.2, 0.25) is 32.2 Å². The van der Waals surface area contributed by atoms with Crippen molar-refractivity contribution >= 4 is 27.2 Å². The molecule has 1 atom stereocenters. The van der Waals surface area contributed by atoms with E-state index in [0.717, 1.165) is 6.61 Å². The molecule has 0 N–H and O–H groups in total. The van der Waals surface area contributed by atoms with Crippen LogP contribution in [-0.2, 0) is 4.74 Å². The van der Waals surface area contributed by atoms with Crippen molar-refractivity contribution < 1.29 is 4.74 Å². The fourth-order valence-electron chi connectivity index (χ4n) is 2.57. The third-order valence-electron chi connectivity index (χ3n) is 4.22. The minimum atomic E-state index is -1.22. The molecule has 1 aliphatic heterocycles. The molecule has 1 radical (unpaired) electrons. The van der Waals surface area contributed by atoms with Gasteiger partial charge in [-0.05, 0) is 6.42 Å². The Hall–Kier alpha value is -0.386. The lowest BCUT2D eigenvalue weighted by Gasteiger charge is -2.23. The SMILES string of the molecule is C[Si](C)c1ccc([Si](C)(C)CCCCC2CO2)cc1. The maximum Gasteiger partial charge on any atom is 0.0810 e. The standard InChI is InChI=1S/C16H27OSi2/c1-18(2)15-8-10-16(11-9-15)19(3,4)12-6-5-7-14-13-17-14/h8-11,14H,5-7,12-13H2,1-4H3. The molecule has 1 nitrogen and oxygen atoms in total. The van der Waals surface area contributed by atoms with Crippen LogP contribution >= 0.6 is 0 Å². The van der Waals surface area contributed by atoms with E-state index in [9.17, 15) is 0 Å². The molecule has 0 saturated carbocycles. The van der Waals surface area contributed by atoms with Crippen LogP contribution in [-0.4, -0.2) is 29.6 Å². The van der Waals surface area contributed by atoms with E-state index in [1.807, 2.05) is 0 Å². The van der Waals surface area contributed by atoms with Crippen LogP contribution in [0.4, 0.5) is 0 Å². The molecule has 1 unspecified atom stereocenters. The highest BCUT2D eigenvalue weighted by Gasteiger charge is 2.25. The molecule has 1 heterocycles. The number of ether oxygens (including phenoxy) is 1. The maximum absolute atomic E-state index is 5.28. The topological polar surface area (TPSA) is 12.5 Å². The van der Waals surface area contributed by atoms with Crippen LogP contribution in [0.15, 0.2) is 24.3 Å². The summed E-state index contributed by atoms with van der Waals surface area (Å²) in [5.74, 6) is 0. The van der Waals surface area contributed by atoms with E-state index in [-0.39, 0.29) is 8.80 Å². The number of epoxide rings is 1. The van der Waals surface area contributed by atoms with Crippen LogP contribution in [0.25, 0.3) is 0 Å². The summed E-state index contributed by atoms with van der Waals surface area (Å²) >= 11 is 0. The first-order valence-electron chi connectivity index (χ1n) is 7.52. The molecule has 0 amide bonds. The highest BCUT2D eigenvalue weighted by Crippen LogP contribution is 2.20. The van der Waals surface area contributed by atoms with Crippen molar-refractivity contribution in [1.29, 1.82) is 0 Å². The largest absolute Gasteiger partial charge is 0.373 e. The van der Waals surface area contributed by atoms with Crippen molar-refractivity contribution in [2.45, 2.75) is 57.6 Å². The second kappa shape index (κ2) is 6.38. The summed E-state index contributed by atoms with van der Waals surface area (Å²) in [5, 5.41) is 3.19. The minimum absolute atomic E-state index is 0.295. The van der Waals surface area contributed by atoms with Gasteiger partial charge in [0.05, 0.1) is 29.6 Å². The maximum atomic E-state index is 5.28. The van der Waals surface area contributed by atoms with Crippen molar-refractivity contribution in [1.82, 2.24) is 0 Å². The molecule has 0 aromatic heterocycles. The Morgan fingerprint density at radius 3 is 2.32 bits per heavy atom. The first-order chi connectivity index (χ1) is 8.99. The summed E-state index contributed by atoms with van der Waals surface area (Å²) in [6.07, 6.45) is 4.60.